The zero-order valence-electron chi connectivity index (χ0n) is 26.9. The molecule has 234 valence electrons. The Balaban J connectivity index is 0.00000316. The highest BCUT2D eigenvalue weighted by atomic mass is 32.2. The van der Waals surface area contributed by atoms with Crippen molar-refractivity contribution in [1.82, 2.24) is 5.32 Å². The van der Waals surface area contributed by atoms with Crippen LogP contribution in [0.15, 0.2) is 83.8 Å². The van der Waals surface area contributed by atoms with E-state index in [1.54, 1.807) is 36.0 Å². The number of amides is 1. The third-order valence-corrected chi connectivity index (χ3v) is 7.75. The number of quaternary nitrogens is 1. The number of hydrogen-bond acceptors (Lipinski definition) is 5. The highest BCUT2D eigenvalue weighted by Gasteiger charge is 2.31. The van der Waals surface area contributed by atoms with E-state index in [1.165, 1.54) is 5.56 Å². The molecule has 3 aromatic rings. The lowest BCUT2D eigenvalue weighted by Gasteiger charge is -2.33. The fraction of sp³-hybridized carbons (Fsp3) is 0.444. The van der Waals surface area contributed by atoms with Crippen LogP contribution in [0.2, 0.25) is 0 Å². The van der Waals surface area contributed by atoms with Gasteiger partial charge in [0.2, 0.25) is 0 Å². The SMILES string of the molecule is CC.CSc1ccc(C(=O)Oc2ccc(OCCCCCCCCNC(=O)C(Cc3ccccc3)[N+](C)(C)C)cc2)cc1. The number of hydrogen-bond donors (Lipinski definition) is 1. The normalized spacial score (nSPS) is 11.6. The van der Waals surface area contributed by atoms with Crippen molar-refractivity contribution in [3.05, 3.63) is 90.0 Å². The minimum Gasteiger partial charge on any atom is -0.494 e. The minimum absolute atomic E-state index is 0.105. The van der Waals surface area contributed by atoms with Gasteiger partial charge in [-0.3, -0.25) is 4.79 Å². The number of rotatable bonds is 17. The number of esters is 1. The average molecular weight is 608 g/mol. The molecule has 0 spiro atoms. The van der Waals surface area contributed by atoms with Gasteiger partial charge in [-0.2, -0.15) is 0 Å². The molecule has 0 aromatic heterocycles. The zero-order valence-corrected chi connectivity index (χ0v) is 27.8. The molecule has 0 aliphatic carbocycles. The first-order valence-electron chi connectivity index (χ1n) is 15.5. The minimum atomic E-state index is -0.370. The number of carbonyl (C=O) groups is 2. The third kappa shape index (κ3) is 13.7. The van der Waals surface area contributed by atoms with Crippen molar-refractivity contribution in [2.24, 2.45) is 0 Å². The molecule has 0 aliphatic rings. The Kier molecular flexibility index (Phi) is 16.5. The second-order valence-electron chi connectivity index (χ2n) is 11.2. The molecule has 1 amide bonds. The summed E-state index contributed by atoms with van der Waals surface area (Å²) in [6.45, 7) is 5.38. The van der Waals surface area contributed by atoms with Crippen molar-refractivity contribution >= 4 is 23.6 Å². The van der Waals surface area contributed by atoms with Gasteiger partial charge in [-0.1, -0.05) is 69.9 Å². The molecule has 0 heterocycles. The number of likely N-dealkylation sites (N-methyl/N-ethyl adjacent to an activating group) is 1. The Morgan fingerprint density at radius 3 is 1.95 bits per heavy atom. The molecule has 0 saturated carbocycles. The summed E-state index contributed by atoms with van der Waals surface area (Å²) in [6.07, 6.45) is 9.25. The largest absolute Gasteiger partial charge is 0.494 e. The lowest BCUT2D eigenvalue weighted by Crippen LogP contribution is -2.55. The molecule has 6 nitrogen and oxygen atoms in total. The van der Waals surface area contributed by atoms with Gasteiger partial charge in [0, 0.05) is 17.9 Å². The molecule has 1 unspecified atom stereocenters. The summed E-state index contributed by atoms with van der Waals surface area (Å²) in [6, 6.07) is 24.7. The van der Waals surface area contributed by atoms with E-state index in [2.05, 4.69) is 38.6 Å². The van der Waals surface area contributed by atoms with Crippen LogP contribution in [-0.2, 0) is 11.2 Å². The fourth-order valence-electron chi connectivity index (χ4n) is 4.51. The van der Waals surface area contributed by atoms with Crippen molar-refractivity contribution in [2.45, 2.75) is 69.7 Å². The number of nitrogens with zero attached hydrogens (tertiary/aromatic N) is 1. The van der Waals surface area contributed by atoms with E-state index in [9.17, 15) is 9.59 Å². The van der Waals surface area contributed by atoms with Gasteiger partial charge in [-0.05, 0) is 73.2 Å². The maximum absolute atomic E-state index is 12.9. The molecule has 1 N–H and O–H groups in total. The quantitative estimate of drug-likeness (QED) is 0.0558. The maximum Gasteiger partial charge on any atom is 0.343 e. The first kappa shape index (κ1) is 35.9. The molecule has 1 atom stereocenters. The molecule has 3 aromatic carbocycles. The van der Waals surface area contributed by atoms with E-state index >= 15 is 0 Å². The summed E-state index contributed by atoms with van der Waals surface area (Å²) in [5, 5.41) is 3.16. The van der Waals surface area contributed by atoms with Crippen LogP contribution in [0, 0.1) is 0 Å². The van der Waals surface area contributed by atoms with Crippen molar-refractivity contribution < 1.29 is 23.5 Å². The molecule has 43 heavy (non-hydrogen) atoms. The molecule has 7 heteroatoms. The fourth-order valence-corrected chi connectivity index (χ4v) is 4.91. The second-order valence-corrected chi connectivity index (χ2v) is 12.1. The number of unbranched alkanes of at least 4 members (excludes halogenated alkanes) is 5. The molecule has 3 rings (SSSR count). The van der Waals surface area contributed by atoms with Crippen LogP contribution in [0.25, 0.3) is 0 Å². The molecular formula is C36H51N2O4S+. The van der Waals surface area contributed by atoms with Crippen LogP contribution >= 0.6 is 11.8 Å². The van der Waals surface area contributed by atoms with Crippen LogP contribution in [0.5, 0.6) is 11.5 Å². The third-order valence-electron chi connectivity index (χ3n) is 7.01. The van der Waals surface area contributed by atoms with Crippen molar-refractivity contribution in [2.75, 3.05) is 40.6 Å². The Hall–Kier alpha value is -3.29. The first-order valence-corrected chi connectivity index (χ1v) is 16.7. The monoisotopic (exact) mass is 607 g/mol. The zero-order chi connectivity index (χ0) is 31.5. The lowest BCUT2D eigenvalue weighted by atomic mass is 10.0. The smallest absolute Gasteiger partial charge is 0.343 e. The summed E-state index contributed by atoms with van der Waals surface area (Å²) >= 11 is 1.63. The maximum atomic E-state index is 12.9. The van der Waals surface area contributed by atoms with Crippen molar-refractivity contribution in [3.8, 4) is 11.5 Å². The topological polar surface area (TPSA) is 64.6 Å². The first-order chi connectivity index (χ1) is 20.8. The number of thioether (sulfide) groups is 1. The molecule has 0 radical (unpaired) electrons. The number of ether oxygens (including phenoxy) is 2. The highest BCUT2D eigenvalue weighted by molar-refractivity contribution is 7.98. The number of carbonyl (C=O) groups excluding carboxylic acids is 2. The van der Waals surface area contributed by atoms with Gasteiger partial charge in [0.1, 0.15) is 11.5 Å². The van der Waals surface area contributed by atoms with E-state index in [4.69, 9.17) is 9.47 Å². The van der Waals surface area contributed by atoms with E-state index in [-0.39, 0.29) is 17.9 Å². The van der Waals surface area contributed by atoms with Gasteiger partial charge in [-0.15, -0.1) is 11.8 Å². The van der Waals surface area contributed by atoms with Crippen LogP contribution < -0.4 is 14.8 Å². The van der Waals surface area contributed by atoms with Crippen LogP contribution in [-0.4, -0.2) is 63.0 Å². The Morgan fingerprint density at radius 1 is 0.767 bits per heavy atom. The molecule has 0 saturated heterocycles. The van der Waals surface area contributed by atoms with Gasteiger partial charge in [0.25, 0.3) is 5.91 Å². The predicted molar refractivity (Wildman–Crippen MR) is 179 cm³/mol. The number of benzene rings is 3. The Morgan fingerprint density at radius 2 is 1.35 bits per heavy atom. The van der Waals surface area contributed by atoms with Crippen LogP contribution in [0.1, 0.15) is 68.3 Å². The van der Waals surface area contributed by atoms with Gasteiger partial charge in [-0.25, -0.2) is 4.79 Å². The van der Waals surface area contributed by atoms with Gasteiger partial charge < -0.3 is 19.3 Å². The van der Waals surface area contributed by atoms with E-state index < -0.39 is 0 Å². The molecule has 0 bridgehead atoms. The summed E-state index contributed by atoms with van der Waals surface area (Å²) in [5.41, 5.74) is 1.72. The number of nitrogens with one attached hydrogen (secondary N) is 1. The van der Waals surface area contributed by atoms with Gasteiger partial charge in [0.15, 0.2) is 6.04 Å². The van der Waals surface area contributed by atoms with E-state index in [0.29, 0.717) is 22.4 Å². The van der Waals surface area contributed by atoms with Gasteiger partial charge >= 0.3 is 5.97 Å². The van der Waals surface area contributed by atoms with E-state index in [1.807, 2.05) is 62.6 Å². The van der Waals surface area contributed by atoms with Crippen LogP contribution in [0.3, 0.4) is 0 Å². The summed E-state index contributed by atoms with van der Waals surface area (Å²) in [7, 11) is 6.24. The van der Waals surface area contributed by atoms with Crippen molar-refractivity contribution in [3.63, 3.8) is 0 Å². The predicted octanol–water partition coefficient (Wildman–Crippen LogP) is 7.81. The molecule has 0 aliphatic heterocycles. The average Bonchev–Trinajstić information content (AvgIpc) is 3.02. The lowest BCUT2D eigenvalue weighted by molar-refractivity contribution is -0.886. The molecular weight excluding hydrogens is 556 g/mol. The van der Waals surface area contributed by atoms with Gasteiger partial charge in [0.05, 0.1) is 33.3 Å². The second kappa shape index (κ2) is 19.8. The Labute approximate surface area is 263 Å². The summed E-state index contributed by atoms with van der Waals surface area (Å²) in [4.78, 5) is 26.3. The van der Waals surface area contributed by atoms with Crippen LogP contribution in [0.4, 0.5) is 0 Å². The summed E-state index contributed by atoms with van der Waals surface area (Å²) < 4.78 is 11.9. The summed E-state index contributed by atoms with van der Waals surface area (Å²) in [5.74, 6) is 1.02. The highest BCUT2D eigenvalue weighted by Crippen LogP contribution is 2.20. The Bertz CT molecular complexity index is 1190. The molecule has 0 fully saturated rings. The van der Waals surface area contributed by atoms with E-state index in [0.717, 1.165) is 62.1 Å². The van der Waals surface area contributed by atoms with Crippen molar-refractivity contribution in [1.29, 1.82) is 0 Å². The standard InChI is InChI=1S/C34H44N2O4S.C2H6/c1-36(2,3)32(26-27-14-10-9-11-15-27)33(37)35-24-12-7-5-6-8-13-25-39-29-18-20-30(21-19-29)40-34(38)28-16-22-31(41-4)23-17-28;1-2/h9-11,14-23,32H,5-8,12-13,24-26H2,1-4H3;1-2H3/p+1.